The summed E-state index contributed by atoms with van der Waals surface area (Å²) >= 11 is 0. The smallest absolute Gasteiger partial charge is 0.282 e. The zero-order chi connectivity index (χ0) is 23.9. The Bertz CT molecular complexity index is 1750. The molecule has 0 atom stereocenters. The number of nitrogens with zero attached hydrogens (tertiary/aromatic N) is 4. The molecular weight excluding hydrogens is 436 g/mol. The van der Waals surface area contributed by atoms with Crippen molar-refractivity contribution in [3.63, 3.8) is 0 Å². The number of aromatic nitrogens is 4. The summed E-state index contributed by atoms with van der Waals surface area (Å²) in [6, 6.07) is 29.3. The molecule has 1 N–H and O–H groups in total. The van der Waals surface area contributed by atoms with Crippen molar-refractivity contribution in [2.45, 2.75) is 6.61 Å². The number of rotatable bonds is 4. The van der Waals surface area contributed by atoms with Crippen LogP contribution in [0.5, 0.6) is 0 Å². The topological polar surface area (TPSA) is 72.4 Å². The van der Waals surface area contributed by atoms with E-state index >= 15 is 0 Å². The van der Waals surface area contributed by atoms with E-state index in [0.29, 0.717) is 22.6 Å². The molecule has 0 fully saturated rings. The highest BCUT2D eigenvalue weighted by atomic mass is 16.3. The van der Waals surface area contributed by atoms with Crippen molar-refractivity contribution in [2.24, 2.45) is 7.05 Å². The Balaban J connectivity index is 1.73. The molecule has 3 aromatic heterocycles. The van der Waals surface area contributed by atoms with Gasteiger partial charge in [0.05, 0.1) is 28.9 Å². The first-order valence-corrected chi connectivity index (χ1v) is 11.4. The molecule has 0 aliphatic heterocycles. The van der Waals surface area contributed by atoms with Crippen LogP contribution >= 0.6 is 0 Å². The maximum Gasteiger partial charge on any atom is 0.282 e. The predicted molar refractivity (Wildman–Crippen MR) is 138 cm³/mol. The summed E-state index contributed by atoms with van der Waals surface area (Å²) in [5.41, 5.74) is 6.31. The number of aliphatic hydroxyl groups excluding tert-OH is 1. The van der Waals surface area contributed by atoms with E-state index in [2.05, 4.69) is 4.98 Å². The van der Waals surface area contributed by atoms with Gasteiger partial charge >= 0.3 is 0 Å². The highest BCUT2D eigenvalue weighted by Gasteiger charge is 2.24. The number of aryl methyl sites for hydroxylation is 1. The maximum absolute atomic E-state index is 14.0. The SMILES string of the molecule is Cn1c(CO)c(-c2ccc3ncccc3c2)c(=O)n2nc(-c3ccccc3)c(-c3ccccc3)c12. The lowest BCUT2D eigenvalue weighted by molar-refractivity contribution is 0.272. The van der Waals surface area contributed by atoms with Crippen LogP contribution in [0.15, 0.2) is 102 Å². The van der Waals surface area contributed by atoms with Crippen molar-refractivity contribution in [1.82, 2.24) is 19.2 Å². The van der Waals surface area contributed by atoms with Crippen LogP contribution in [0.2, 0.25) is 0 Å². The van der Waals surface area contributed by atoms with E-state index in [1.165, 1.54) is 4.52 Å². The van der Waals surface area contributed by atoms with Crippen LogP contribution in [0.25, 0.3) is 50.1 Å². The molecule has 0 spiro atoms. The molecule has 0 radical (unpaired) electrons. The lowest BCUT2D eigenvalue weighted by Crippen LogP contribution is -2.24. The Kier molecular flexibility index (Phi) is 5.01. The van der Waals surface area contributed by atoms with Crippen molar-refractivity contribution in [3.8, 4) is 33.5 Å². The second-order valence-corrected chi connectivity index (χ2v) is 8.45. The van der Waals surface area contributed by atoms with Gasteiger partial charge in [0.15, 0.2) is 0 Å². The van der Waals surface area contributed by atoms with Crippen molar-refractivity contribution in [2.75, 3.05) is 0 Å². The van der Waals surface area contributed by atoms with Gasteiger partial charge in [-0.1, -0.05) is 72.8 Å². The zero-order valence-corrected chi connectivity index (χ0v) is 19.1. The van der Waals surface area contributed by atoms with Gasteiger partial charge in [0, 0.05) is 24.2 Å². The van der Waals surface area contributed by atoms with Crippen LogP contribution in [-0.4, -0.2) is 24.3 Å². The lowest BCUT2D eigenvalue weighted by Gasteiger charge is -2.16. The number of pyridine rings is 1. The average molecular weight is 459 g/mol. The Morgan fingerprint density at radius 1 is 0.800 bits per heavy atom. The molecule has 0 aliphatic carbocycles. The fraction of sp³-hybridized carbons (Fsp3) is 0.0690. The minimum Gasteiger partial charge on any atom is -0.390 e. The molecule has 0 saturated heterocycles. The molecule has 0 bridgehead atoms. The van der Waals surface area contributed by atoms with Gasteiger partial charge in [-0.15, -0.1) is 0 Å². The third-order valence-electron chi connectivity index (χ3n) is 6.43. The standard InChI is InChI=1S/C29H22N4O2/c1-32-24(18-34)25(22-14-15-23-21(17-22)13-8-16-30-23)29(35)33-28(32)26(19-9-4-2-5-10-19)27(31-33)20-11-6-3-7-12-20/h2-17,34H,18H2,1H3. The van der Waals surface area contributed by atoms with Crippen LogP contribution in [-0.2, 0) is 13.7 Å². The van der Waals surface area contributed by atoms with E-state index in [1.807, 2.05) is 103 Å². The molecule has 6 heteroatoms. The molecular formula is C29H22N4O2. The molecule has 6 rings (SSSR count). The highest BCUT2D eigenvalue weighted by molar-refractivity contribution is 5.92. The molecule has 170 valence electrons. The van der Waals surface area contributed by atoms with Gasteiger partial charge in [-0.25, -0.2) is 0 Å². The molecule has 35 heavy (non-hydrogen) atoms. The van der Waals surface area contributed by atoms with E-state index in [1.54, 1.807) is 6.20 Å². The first-order valence-electron chi connectivity index (χ1n) is 11.4. The quantitative estimate of drug-likeness (QED) is 0.400. The van der Waals surface area contributed by atoms with Crippen molar-refractivity contribution < 1.29 is 5.11 Å². The molecule has 0 saturated carbocycles. The summed E-state index contributed by atoms with van der Waals surface area (Å²) in [6.07, 6.45) is 1.74. The van der Waals surface area contributed by atoms with Crippen LogP contribution < -0.4 is 5.56 Å². The van der Waals surface area contributed by atoms with Gasteiger partial charge in [0.25, 0.3) is 5.56 Å². The number of fused-ring (bicyclic) bond motifs is 2. The summed E-state index contributed by atoms with van der Waals surface area (Å²) in [5, 5.41) is 16.2. The van der Waals surface area contributed by atoms with Crippen molar-refractivity contribution in [1.29, 1.82) is 0 Å². The fourth-order valence-electron chi connectivity index (χ4n) is 4.76. The normalized spacial score (nSPS) is 11.4. The van der Waals surface area contributed by atoms with Crippen molar-refractivity contribution >= 4 is 16.6 Å². The molecule has 3 heterocycles. The van der Waals surface area contributed by atoms with Gasteiger partial charge in [-0.05, 0) is 29.3 Å². The van der Waals surface area contributed by atoms with Crippen LogP contribution in [0.3, 0.4) is 0 Å². The van der Waals surface area contributed by atoms with E-state index in [4.69, 9.17) is 5.10 Å². The van der Waals surface area contributed by atoms with Gasteiger partial charge in [0.2, 0.25) is 0 Å². The fourth-order valence-corrected chi connectivity index (χ4v) is 4.76. The third kappa shape index (κ3) is 3.34. The molecule has 6 aromatic rings. The Morgan fingerprint density at radius 2 is 1.51 bits per heavy atom. The number of hydrogen-bond donors (Lipinski definition) is 1. The zero-order valence-electron chi connectivity index (χ0n) is 19.1. The highest BCUT2D eigenvalue weighted by Crippen LogP contribution is 2.36. The monoisotopic (exact) mass is 458 g/mol. The Labute approximate surface area is 201 Å². The third-order valence-corrected chi connectivity index (χ3v) is 6.43. The molecule has 0 unspecified atom stereocenters. The second-order valence-electron chi connectivity index (χ2n) is 8.45. The van der Waals surface area contributed by atoms with Gasteiger partial charge in [0.1, 0.15) is 11.3 Å². The minimum absolute atomic E-state index is 0.273. The van der Waals surface area contributed by atoms with Crippen LogP contribution in [0.4, 0.5) is 0 Å². The molecule has 0 aliphatic rings. The number of aliphatic hydroxyl groups is 1. The number of hydrogen-bond acceptors (Lipinski definition) is 4. The van der Waals surface area contributed by atoms with Gasteiger partial charge < -0.3 is 9.67 Å². The van der Waals surface area contributed by atoms with Gasteiger partial charge in [-0.2, -0.15) is 9.61 Å². The Hall–Kier alpha value is -4.55. The average Bonchev–Trinajstić information content (AvgIpc) is 3.33. The van der Waals surface area contributed by atoms with Crippen molar-refractivity contribution in [3.05, 3.63) is 113 Å². The van der Waals surface area contributed by atoms with E-state index in [0.717, 1.165) is 33.2 Å². The predicted octanol–water partition coefficient (Wildman–Crippen LogP) is 5.07. The summed E-state index contributed by atoms with van der Waals surface area (Å²) in [7, 11) is 1.87. The lowest BCUT2D eigenvalue weighted by atomic mass is 10.00. The first kappa shape index (κ1) is 21.0. The van der Waals surface area contributed by atoms with Crippen LogP contribution in [0.1, 0.15) is 5.69 Å². The van der Waals surface area contributed by atoms with Crippen LogP contribution in [0, 0.1) is 0 Å². The minimum atomic E-state index is -0.289. The Morgan fingerprint density at radius 3 is 2.23 bits per heavy atom. The maximum atomic E-state index is 14.0. The molecule has 6 nitrogen and oxygen atoms in total. The molecule has 3 aromatic carbocycles. The van der Waals surface area contributed by atoms with E-state index in [-0.39, 0.29) is 12.2 Å². The first-order chi connectivity index (χ1) is 17.2. The molecule has 0 amide bonds. The van der Waals surface area contributed by atoms with E-state index < -0.39 is 0 Å². The summed E-state index contributed by atoms with van der Waals surface area (Å²) in [4.78, 5) is 18.4. The summed E-state index contributed by atoms with van der Waals surface area (Å²) < 4.78 is 3.35. The van der Waals surface area contributed by atoms with E-state index in [9.17, 15) is 9.90 Å². The largest absolute Gasteiger partial charge is 0.390 e. The summed E-state index contributed by atoms with van der Waals surface area (Å²) in [5.74, 6) is 0. The van der Waals surface area contributed by atoms with Gasteiger partial charge in [-0.3, -0.25) is 9.78 Å². The number of benzene rings is 3. The second kappa shape index (κ2) is 8.34. The summed E-state index contributed by atoms with van der Waals surface area (Å²) in [6.45, 7) is -0.289.